The van der Waals surface area contributed by atoms with Crippen molar-refractivity contribution in [2.45, 2.75) is 31.8 Å². The molecule has 124 valence electrons. The lowest BCUT2D eigenvalue weighted by atomic mass is 9.98. The van der Waals surface area contributed by atoms with E-state index in [1.807, 2.05) is 24.1 Å². The lowest BCUT2D eigenvalue weighted by Crippen LogP contribution is -2.49. The van der Waals surface area contributed by atoms with Crippen LogP contribution in [0.3, 0.4) is 0 Å². The van der Waals surface area contributed by atoms with Gasteiger partial charge in [0.1, 0.15) is 12.4 Å². The van der Waals surface area contributed by atoms with Crippen LogP contribution >= 0.6 is 0 Å². The predicted octanol–water partition coefficient (Wildman–Crippen LogP) is 2.65. The molecular weight excluding hydrogens is 290 g/mol. The Morgan fingerprint density at radius 2 is 2.17 bits per heavy atom. The van der Waals surface area contributed by atoms with Crippen LogP contribution in [0.4, 0.5) is 10.5 Å². The van der Waals surface area contributed by atoms with Gasteiger partial charge in [0.2, 0.25) is 0 Å². The second-order valence-electron chi connectivity index (χ2n) is 6.07. The molecule has 1 heterocycles. The summed E-state index contributed by atoms with van der Waals surface area (Å²) in [6.07, 6.45) is 7.16. The van der Waals surface area contributed by atoms with Gasteiger partial charge in [-0.25, -0.2) is 4.79 Å². The van der Waals surface area contributed by atoms with Crippen molar-refractivity contribution < 1.29 is 9.53 Å². The molecule has 0 unspecified atom stereocenters. The molecule has 0 spiro atoms. The van der Waals surface area contributed by atoms with Gasteiger partial charge in [-0.2, -0.15) is 0 Å². The average molecular weight is 315 g/mol. The summed E-state index contributed by atoms with van der Waals surface area (Å²) in [5.41, 5.74) is 0.746. The molecule has 0 radical (unpaired) electrons. The van der Waals surface area contributed by atoms with Crippen LogP contribution in [0.15, 0.2) is 24.3 Å². The van der Waals surface area contributed by atoms with Crippen molar-refractivity contribution in [2.24, 2.45) is 0 Å². The number of hydrogen-bond acceptors (Lipinski definition) is 3. The molecule has 2 amide bonds. The van der Waals surface area contributed by atoms with E-state index in [1.165, 1.54) is 0 Å². The number of carbonyl (C=O) groups excluding carboxylic acids is 1. The van der Waals surface area contributed by atoms with Crippen molar-refractivity contribution in [3.05, 3.63) is 24.3 Å². The molecule has 1 saturated heterocycles. The Bertz CT molecular complexity index is 565. The summed E-state index contributed by atoms with van der Waals surface area (Å²) in [5, 5.41) is 2.93. The van der Waals surface area contributed by atoms with Crippen molar-refractivity contribution in [2.75, 3.05) is 32.6 Å². The summed E-state index contributed by atoms with van der Waals surface area (Å²) in [6.45, 7) is 3.46. The smallest absolute Gasteiger partial charge is 0.321 e. The van der Waals surface area contributed by atoms with Crippen LogP contribution in [0.2, 0.25) is 0 Å². The van der Waals surface area contributed by atoms with Crippen LogP contribution < -0.4 is 10.1 Å². The minimum Gasteiger partial charge on any atom is -0.481 e. The number of nitrogens with zero attached hydrogens (tertiary/aromatic N) is 2. The lowest BCUT2D eigenvalue weighted by molar-refractivity contribution is 0.120. The Labute approximate surface area is 138 Å². The average Bonchev–Trinajstić information content (AvgIpc) is 2.56. The third-order valence-electron chi connectivity index (χ3n) is 4.48. The van der Waals surface area contributed by atoms with E-state index in [0.29, 0.717) is 11.8 Å². The van der Waals surface area contributed by atoms with Crippen molar-refractivity contribution in [3.8, 4) is 18.1 Å². The van der Waals surface area contributed by atoms with E-state index in [-0.39, 0.29) is 18.7 Å². The number of piperidine rings is 1. The monoisotopic (exact) mass is 315 g/mol. The number of likely N-dealkylation sites (tertiary alicyclic amines) is 1. The summed E-state index contributed by atoms with van der Waals surface area (Å²) < 4.78 is 5.32. The predicted molar refractivity (Wildman–Crippen MR) is 92.7 cm³/mol. The number of nitrogens with one attached hydrogen (secondary N) is 1. The van der Waals surface area contributed by atoms with Gasteiger partial charge >= 0.3 is 6.03 Å². The number of benzene rings is 1. The maximum atomic E-state index is 12.4. The molecule has 2 atom stereocenters. The molecule has 23 heavy (non-hydrogen) atoms. The normalized spacial score (nSPS) is 21.3. The first kappa shape index (κ1) is 17.2. The van der Waals surface area contributed by atoms with Gasteiger partial charge in [0, 0.05) is 31.4 Å². The first-order valence-corrected chi connectivity index (χ1v) is 7.91. The van der Waals surface area contributed by atoms with E-state index in [4.69, 9.17) is 11.2 Å². The number of terminal acetylenes is 1. The minimum absolute atomic E-state index is 0.0796. The second kappa shape index (κ2) is 7.89. The van der Waals surface area contributed by atoms with E-state index in [9.17, 15) is 4.79 Å². The summed E-state index contributed by atoms with van der Waals surface area (Å²) in [4.78, 5) is 16.5. The number of ether oxygens (including phenoxy) is 1. The van der Waals surface area contributed by atoms with Crippen LogP contribution in [0.1, 0.15) is 19.8 Å². The molecule has 1 fully saturated rings. The van der Waals surface area contributed by atoms with Crippen molar-refractivity contribution in [3.63, 3.8) is 0 Å². The number of urea groups is 1. The molecule has 0 bridgehead atoms. The van der Waals surface area contributed by atoms with Gasteiger partial charge in [-0.3, -0.25) is 0 Å². The first-order valence-electron chi connectivity index (χ1n) is 7.91. The largest absolute Gasteiger partial charge is 0.481 e. The van der Waals surface area contributed by atoms with Crippen LogP contribution in [0.25, 0.3) is 0 Å². The molecule has 5 nitrogen and oxygen atoms in total. The molecule has 0 saturated carbocycles. The number of amides is 2. The van der Waals surface area contributed by atoms with Gasteiger partial charge in [-0.15, -0.1) is 6.42 Å². The second-order valence-corrected chi connectivity index (χ2v) is 6.07. The maximum absolute atomic E-state index is 12.4. The number of hydrogen-bond donors (Lipinski definition) is 1. The maximum Gasteiger partial charge on any atom is 0.321 e. The zero-order chi connectivity index (χ0) is 16.8. The van der Waals surface area contributed by atoms with Gasteiger partial charge < -0.3 is 19.9 Å². The molecule has 1 aromatic carbocycles. The topological polar surface area (TPSA) is 44.8 Å². The fourth-order valence-electron chi connectivity index (χ4n) is 2.75. The van der Waals surface area contributed by atoms with E-state index in [0.717, 1.165) is 25.1 Å². The van der Waals surface area contributed by atoms with Crippen LogP contribution in [0, 0.1) is 12.3 Å². The van der Waals surface area contributed by atoms with Gasteiger partial charge in [0.15, 0.2) is 0 Å². The van der Waals surface area contributed by atoms with E-state index >= 15 is 0 Å². The third kappa shape index (κ3) is 4.64. The summed E-state index contributed by atoms with van der Waals surface area (Å²) in [5.74, 6) is 3.11. The molecule has 1 aliphatic heterocycles. The first-order chi connectivity index (χ1) is 11.0. The van der Waals surface area contributed by atoms with Crippen molar-refractivity contribution in [1.29, 1.82) is 0 Å². The standard InChI is InChI=1S/C18H25N3O2/c1-5-12-23-17-8-6-15(7-9-17)19-18(22)21(4)16-10-11-20(3)14(2)13-16/h1,6-9,14,16H,10-13H2,2-4H3,(H,19,22)/t14-,16-/m0/s1. The Hall–Kier alpha value is -2.19. The third-order valence-corrected chi connectivity index (χ3v) is 4.48. The van der Waals surface area contributed by atoms with Crippen molar-refractivity contribution in [1.82, 2.24) is 9.80 Å². The zero-order valence-electron chi connectivity index (χ0n) is 14.1. The fourth-order valence-corrected chi connectivity index (χ4v) is 2.75. The Morgan fingerprint density at radius 3 is 2.78 bits per heavy atom. The Morgan fingerprint density at radius 1 is 1.48 bits per heavy atom. The van der Waals surface area contributed by atoms with E-state index < -0.39 is 0 Å². The molecule has 0 aliphatic carbocycles. The Balaban J connectivity index is 1.89. The molecule has 1 aliphatic rings. The highest BCUT2D eigenvalue weighted by Gasteiger charge is 2.28. The number of rotatable bonds is 4. The minimum atomic E-state index is -0.0796. The molecular formula is C18H25N3O2. The number of carbonyl (C=O) groups is 1. The fraction of sp³-hybridized carbons (Fsp3) is 0.500. The molecule has 2 rings (SSSR count). The van der Waals surface area contributed by atoms with Crippen LogP contribution in [-0.4, -0.2) is 55.2 Å². The van der Waals surface area contributed by atoms with Gasteiger partial charge in [-0.05, 0) is 51.1 Å². The summed E-state index contributed by atoms with van der Waals surface area (Å²) >= 11 is 0. The van der Waals surface area contributed by atoms with Gasteiger partial charge in [0.05, 0.1) is 0 Å². The highest BCUT2D eigenvalue weighted by atomic mass is 16.5. The SMILES string of the molecule is C#CCOc1ccc(NC(=O)N(C)[C@H]2CCN(C)[C@@H](C)C2)cc1. The molecule has 1 N–H and O–H groups in total. The molecule has 1 aromatic rings. The van der Waals surface area contributed by atoms with E-state index in [2.05, 4.69) is 30.1 Å². The van der Waals surface area contributed by atoms with Crippen LogP contribution in [-0.2, 0) is 0 Å². The Kier molecular flexibility index (Phi) is 5.89. The number of anilines is 1. The molecule has 0 aromatic heterocycles. The quantitative estimate of drug-likeness (QED) is 0.869. The summed E-state index contributed by atoms with van der Waals surface area (Å²) in [6, 6.07) is 7.92. The van der Waals surface area contributed by atoms with Crippen LogP contribution in [0.5, 0.6) is 5.75 Å². The lowest BCUT2D eigenvalue weighted by Gasteiger charge is -2.39. The van der Waals surface area contributed by atoms with Gasteiger partial charge in [-0.1, -0.05) is 5.92 Å². The summed E-state index contributed by atoms with van der Waals surface area (Å²) in [7, 11) is 3.99. The highest BCUT2D eigenvalue weighted by molar-refractivity contribution is 5.89. The molecule has 5 heteroatoms. The van der Waals surface area contributed by atoms with Crippen molar-refractivity contribution >= 4 is 11.7 Å². The zero-order valence-corrected chi connectivity index (χ0v) is 14.1. The highest BCUT2D eigenvalue weighted by Crippen LogP contribution is 2.21. The van der Waals surface area contributed by atoms with Gasteiger partial charge in [0.25, 0.3) is 0 Å². The van der Waals surface area contributed by atoms with E-state index in [1.54, 1.807) is 12.1 Å².